The maximum Gasteiger partial charge on any atom is 0.110 e. The van der Waals surface area contributed by atoms with E-state index in [1.807, 2.05) is 17.5 Å². The Kier molecular flexibility index (Phi) is 3.98. The molecule has 3 unspecified atom stereocenters. The summed E-state index contributed by atoms with van der Waals surface area (Å²) in [7, 11) is 0. The molecule has 1 fully saturated rings. The van der Waals surface area contributed by atoms with Gasteiger partial charge in [-0.2, -0.15) is 0 Å². The lowest BCUT2D eigenvalue weighted by atomic mass is 10.1. The van der Waals surface area contributed by atoms with Crippen molar-refractivity contribution in [2.24, 2.45) is 5.92 Å². The van der Waals surface area contributed by atoms with Gasteiger partial charge in [0, 0.05) is 17.1 Å². The van der Waals surface area contributed by atoms with Crippen LogP contribution in [0.25, 0.3) is 0 Å². The summed E-state index contributed by atoms with van der Waals surface area (Å²) in [6.07, 6.45) is 7.17. The maximum absolute atomic E-state index is 4.50. The van der Waals surface area contributed by atoms with E-state index in [1.165, 1.54) is 29.1 Å². The van der Waals surface area contributed by atoms with Crippen molar-refractivity contribution < 1.29 is 0 Å². The van der Waals surface area contributed by atoms with Crippen LogP contribution < -0.4 is 5.32 Å². The van der Waals surface area contributed by atoms with Crippen LogP contribution in [0.4, 0.5) is 0 Å². The van der Waals surface area contributed by atoms with Crippen LogP contribution in [-0.4, -0.2) is 11.0 Å². The van der Waals surface area contributed by atoms with E-state index < -0.39 is 0 Å². The van der Waals surface area contributed by atoms with Crippen LogP contribution in [0.3, 0.4) is 0 Å². The van der Waals surface area contributed by atoms with Crippen molar-refractivity contribution in [3.63, 3.8) is 0 Å². The molecular weight excluding hydrogens is 216 g/mol. The summed E-state index contributed by atoms with van der Waals surface area (Å²) in [6.45, 7) is 6.73. The number of nitrogens with zero attached hydrogens (tertiary/aromatic N) is 1. The van der Waals surface area contributed by atoms with Crippen molar-refractivity contribution in [2.75, 3.05) is 0 Å². The standard InChI is InChI=1S/C13H22N2S/c1-4-12(13-14-8-10(3)16-13)15-11-6-5-9(2)7-11/h8-9,11-12,15H,4-7H2,1-3H3. The van der Waals surface area contributed by atoms with Crippen LogP contribution in [0, 0.1) is 12.8 Å². The van der Waals surface area contributed by atoms with Gasteiger partial charge in [0.25, 0.3) is 0 Å². The normalized spacial score (nSPS) is 27.2. The van der Waals surface area contributed by atoms with Gasteiger partial charge in [-0.25, -0.2) is 4.98 Å². The summed E-state index contributed by atoms with van der Waals surface area (Å²) in [5.41, 5.74) is 0. The zero-order chi connectivity index (χ0) is 11.5. The molecule has 1 aliphatic carbocycles. The summed E-state index contributed by atoms with van der Waals surface area (Å²) in [4.78, 5) is 5.82. The molecule has 0 aromatic carbocycles. The molecule has 0 bridgehead atoms. The second kappa shape index (κ2) is 5.28. The van der Waals surface area contributed by atoms with Gasteiger partial charge in [-0.3, -0.25) is 0 Å². The molecule has 0 saturated heterocycles. The number of aryl methyl sites for hydroxylation is 1. The van der Waals surface area contributed by atoms with Crippen molar-refractivity contribution in [2.45, 2.75) is 58.5 Å². The van der Waals surface area contributed by atoms with Crippen LogP contribution in [0.2, 0.25) is 0 Å². The van der Waals surface area contributed by atoms with E-state index in [4.69, 9.17) is 0 Å². The van der Waals surface area contributed by atoms with E-state index in [-0.39, 0.29) is 0 Å². The molecule has 1 heterocycles. The average molecular weight is 238 g/mol. The maximum atomic E-state index is 4.50. The van der Waals surface area contributed by atoms with Crippen molar-refractivity contribution >= 4 is 11.3 Å². The molecule has 16 heavy (non-hydrogen) atoms. The Morgan fingerprint density at radius 2 is 2.38 bits per heavy atom. The molecule has 0 amide bonds. The number of aromatic nitrogens is 1. The molecular formula is C13H22N2S. The lowest BCUT2D eigenvalue weighted by molar-refractivity contribution is 0.420. The van der Waals surface area contributed by atoms with Crippen molar-refractivity contribution in [3.8, 4) is 0 Å². The third-order valence-corrected chi connectivity index (χ3v) is 4.50. The van der Waals surface area contributed by atoms with Crippen LogP contribution in [0.1, 0.15) is 55.5 Å². The summed E-state index contributed by atoms with van der Waals surface area (Å²) in [5.74, 6) is 0.896. The first-order chi connectivity index (χ1) is 7.69. The number of hydrogen-bond acceptors (Lipinski definition) is 3. The third-order valence-electron chi connectivity index (χ3n) is 3.48. The van der Waals surface area contributed by atoms with Gasteiger partial charge < -0.3 is 5.32 Å². The number of hydrogen-bond donors (Lipinski definition) is 1. The lowest BCUT2D eigenvalue weighted by Crippen LogP contribution is -2.30. The Balaban J connectivity index is 1.95. The molecule has 3 heteroatoms. The molecule has 1 aliphatic rings. The molecule has 1 aromatic heterocycles. The minimum absolute atomic E-state index is 0.467. The highest BCUT2D eigenvalue weighted by Gasteiger charge is 2.24. The third kappa shape index (κ3) is 2.83. The van der Waals surface area contributed by atoms with Gasteiger partial charge in [-0.15, -0.1) is 11.3 Å². The fourth-order valence-electron chi connectivity index (χ4n) is 2.54. The van der Waals surface area contributed by atoms with Gasteiger partial charge in [0.15, 0.2) is 0 Å². The van der Waals surface area contributed by atoms with E-state index in [0.29, 0.717) is 12.1 Å². The summed E-state index contributed by atoms with van der Waals surface area (Å²) in [5, 5.41) is 5.04. The number of nitrogens with one attached hydrogen (secondary N) is 1. The topological polar surface area (TPSA) is 24.9 Å². The van der Waals surface area contributed by atoms with E-state index in [0.717, 1.165) is 12.3 Å². The van der Waals surface area contributed by atoms with E-state index in [9.17, 15) is 0 Å². The largest absolute Gasteiger partial charge is 0.305 e. The Morgan fingerprint density at radius 3 is 2.88 bits per heavy atom. The number of thiazole rings is 1. The molecule has 0 radical (unpaired) electrons. The highest BCUT2D eigenvalue weighted by atomic mass is 32.1. The average Bonchev–Trinajstić information content (AvgIpc) is 2.84. The molecule has 2 rings (SSSR count). The first-order valence-electron chi connectivity index (χ1n) is 6.37. The van der Waals surface area contributed by atoms with Gasteiger partial charge in [-0.1, -0.05) is 13.8 Å². The highest BCUT2D eigenvalue weighted by molar-refractivity contribution is 7.11. The van der Waals surface area contributed by atoms with Crippen LogP contribution in [0.15, 0.2) is 6.20 Å². The van der Waals surface area contributed by atoms with Crippen molar-refractivity contribution in [3.05, 3.63) is 16.1 Å². The Morgan fingerprint density at radius 1 is 1.56 bits per heavy atom. The molecule has 1 N–H and O–H groups in total. The second-order valence-corrected chi connectivity index (χ2v) is 6.32. The molecule has 0 aliphatic heterocycles. The fraction of sp³-hybridized carbons (Fsp3) is 0.769. The zero-order valence-corrected chi connectivity index (χ0v) is 11.3. The molecule has 3 atom stereocenters. The molecule has 1 saturated carbocycles. The fourth-order valence-corrected chi connectivity index (χ4v) is 3.46. The van der Waals surface area contributed by atoms with Gasteiger partial charge in [-0.05, 0) is 38.5 Å². The minimum atomic E-state index is 0.467. The van der Waals surface area contributed by atoms with Crippen LogP contribution in [-0.2, 0) is 0 Å². The molecule has 90 valence electrons. The zero-order valence-electron chi connectivity index (χ0n) is 10.5. The molecule has 1 aromatic rings. The van der Waals surface area contributed by atoms with Gasteiger partial charge >= 0.3 is 0 Å². The Hall–Kier alpha value is -0.410. The summed E-state index contributed by atoms with van der Waals surface area (Å²) in [6, 6.07) is 1.18. The predicted octanol–water partition coefficient (Wildman–Crippen LogP) is 3.68. The SMILES string of the molecule is CCC(NC1CCC(C)C1)c1ncc(C)s1. The smallest absolute Gasteiger partial charge is 0.110 e. The van der Waals surface area contributed by atoms with E-state index in [1.54, 1.807) is 0 Å². The number of rotatable bonds is 4. The van der Waals surface area contributed by atoms with E-state index >= 15 is 0 Å². The van der Waals surface area contributed by atoms with Crippen LogP contribution in [0.5, 0.6) is 0 Å². The van der Waals surface area contributed by atoms with Crippen molar-refractivity contribution in [1.29, 1.82) is 0 Å². The van der Waals surface area contributed by atoms with Gasteiger partial charge in [0.1, 0.15) is 5.01 Å². The summed E-state index contributed by atoms with van der Waals surface area (Å²) >= 11 is 1.83. The van der Waals surface area contributed by atoms with E-state index in [2.05, 4.69) is 31.1 Å². The molecule has 2 nitrogen and oxygen atoms in total. The minimum Gasteiger partial charge on any atom is -0.305 e. The first kappa shape index (κ1) is 12.1. The Bertz CT molecular complexity index is 334. The Labute approximate surface area is 102 Å². The predicted molar refractivity (Wildman–Crippen MR) is 69.8 cm³/mol. The second-order valence-electron chi connectivity index (χ2n) is 5.05. The summed E-state index contributed by atoms with van der Waals surface area (Å²) < 4.78 is 0. The monoisotopic (exact) mass is 238 g/mol. The van der Waals surface area contributed by atoms with Gasteiger partial charge in [0.2, 0.25) is 0 Å². The van der Waals surface area contributed by atoms with Crippen molar-refractivity contribution in [1.82, 2.24) is 10.3 Å². The lowest BCUT2D eigenvalue weighted by Gasteiger charge is -2.20. The highest BCUT2D eigenvalue weighted by Crippen LogP contribution is 2.29. The first-order valence-corrected chi connectivity index (χ1v) is 7.19. The van der Waals surface area contributed by atoms with Crippen LogP contribution >= 0.6 is 11.3 Å². The molecule has 0 spiro atoms. The van der Waals surface area contributed by atoms with Gasteiger partial charge in [0.05, 0.1) is 6.04 Å². The quantitative estimate of drug-likeness (QED) is 0.865.